The van der Waals surface area contributed by atoms with Crippen LogP contribution in [0.25, 0.3) is 0 Å². The van der Waals surface area contributed by atoms with Gasteiger partial charge in [0.05, 0.1) is 11.7 Å². The molecule has 96 valence electrons. The third-order valence-corrected chi connectivity index (χ3v) is 3.07. The van der Waals surface area contributed by atoms with E-state index in [-0.39, 0.29) is 5.92 Å². The quantitative estimate of drug-likeness (QED) is 0.845. The number of hydrogen-bond acceptors (Lipinski definition) is 1. The van der Waals surface area contributed by atoms with Crippen LogP contribution in [0.1, 0.15) is 43.9 Å². The first kappa shape index (κ1) is 14.0. The number of halogens is 3. The van der Waals surface area contributed by atoms with Crippen LogP contribution >= 0.6 is 0 Å². The molecule has 0 bridgehead atoms. The number of alkyl halides is 3. The second-order valence-corrected chi connectivity index (χ2v) is 4.14. The van der Waals surface area contributed by atoms with Gasteiger partial charge in [0.2, 0.25) is 0 Å². The summed E-state index contributed by atoms with van der Waals surface area (Å²) in [6.07, 6.45) is -3.40. The molecule has 1 nitrogen and oxygen atoms in total. The molecule has 4 heteroatoms. The van der Waals surface area contributed by atoms with Crippen LogP contribution in [0.3, 0.4) is 0 Å². The van der Waals surface area contributed by atoms with Gasteiger partial charge in [-0.1, -0.05) is 38.8 Å². The van der Waals surface area contributed by atoms with Gasteiger partial charge in [0, 0.05) is 0 Å². The summed E-state index contributed by atoms with van der Waals surface area (Å²) in [5, 5.41) is 9.99. The van der Waals surface area contributed by atoms with E-state index in [2.05, 4.69) is 0 Å². The van der Waals surface area contributed by atoms with Gasteiger partial charge in [-0.3, -0.25) is 0 Å². The third-order valence-electron chi connectivity index (χ3n) is 3.07. The maximum Gasteiger partial charge on any atom is 0.416 e. The third kappa shape index (κ3) is 3.46. The van der Waals surface area contributed by atoms with Crippen molar-refractivity contribution in [1.82, 2.24) is 0 Å². The molecule has 0 saturated heterocycles. The van der Waals surface area contributed by atoms with Crippen molar-refractivity contribution in [2.75, 3.05) is 0 Å². The minimum atomic E-state index is -4.32. The lowest BCUT2D eigenvalue weighted by atomic mass is 9.91. The van der Waals surface area contributed by atoms with E-state index in [1.807, 2.05) is 13.8 Å². The van der Waals surface area contributed by atoms with Crippen molar-refractivity contribution in [3.8, 4) is 0 Å². The summed E-state index contributed by atoms with van der Waals surface area (Å²) in [6, 6.07) is 4.74. The van der Waals surface area contributed by atoms with Crippen LogP contribution in [0.15, 0.2) is 24.3 Å². The van der Waals surface area contributed by atoms with E-state index in [1.54, 1.807) is 0 Å². The zero-order valence-corrected chi connectivity index (χ0v) is 9.96. The molecule has 1 aromatic rings. The first-order valence-corrected chi connectivity index (χ1v) is 5.75. The number of benzene rings is 1. The van der Waals surface area contributed by atoms with Crippen LogP contribution in [0, 0.1) is 5.92 Å². The highest BCUT2D eigenvalue weighted by Crippen LogP contribution is 2.32. The Morgan fingerprint density at radius 3 is 1.88 bits per heavy atom. The van der Waals surface area contributed by atoms with Crippen LogP contribution < -0.4 is 0 Å². The van der Waals surface area contributed by atoms with Gasteiger partial charge in [-0.15, -0.1) is 0 Å². The Hall–Kier alpha value is -1.03. The van der Waals surface area contributed by atoms with E-state index < -0.39 is 17.8 Å². The fourth-order valence-electron chi connectivity index (χ4n) is 1.88. The number of aliphatic hydroxyl groups is 1. The maximum absolute atomic E-state index is 12.3. The zero-order chi connectivity index (χ0) is 13.1. The van der Waals surface area contributed by atoms with E-state index in [4.69, 9.17) is 0 Å². The Morgan fingerprint density at radius 2 is 1.53 bits per heavy atom. The summed E-state index contributed by atoms with van der Waals surface area (Å²) in [5.41, 5.74) is -0.135. The fourth-order valence-corrected chi connectivity index (χ4v) is 1.88. The van der Waals surface area contributed by atoms with Crippen molar-refractivity contribution in [3.05, 3.63) is 35.4 Å². The lowest BCUT2D eigenvalue weighted by molar-refractivity contribution is -0.137. The van der Waals surface area contributed by atoms with E-state index in [1.165, 1.54) is 12.1 Å². The van der Waals surface area contributed by atoms with E-state index in [9.17, 15) is 18.3 Å². The van der Waals surface area contributed by atoms with Crippen molar-refractivity contribution in [3.63, 3.8) is 0 Å². The molecule has 0 aliphatic rings. The highest BCUT2D eigenvalue weighted by Gasteiger charge is 2.30. The SMILES string of the molecule is CCC(CC)C(O)c1ccc(C(F)(F)F)cc1. The van der Waals surface area contributed by atoms with Gasteiger partial charge in [0.1, 0.15) is 0 Å². The summed E-state index contributed by atoms with van der Waals surface area (Å²) < 4.78 is 37.0. The van der Waals surface area contributed by atoms with Crippen molar-refractivity contribution in [2.24, 2.45) is 5.92 Å². The molecule has 0 radical (unpaired) electrons. The number of rotatable bonds is 4. The molecule has 0 fully saturated rings. The second kappa shape index (κ2) is 5.54. The molecule has 1 atom stereocenters. The molecule has 0 amide bonds. The van der Waals surface area contributed by atoms with Crippen LogP contribution in [0.2, 0.25) is 0 Å². The van der Waals surface area contributed by atoms with E-state index in [0.717, 1.165) is 25.0 Å². The van der Waals surface area contributed by atoms with Gasteiger partial charge >= 0.3 is 6.18 Å². The van der Waals surface area contributed by atoms with Gasteiger partial charge in [-0.25, -0.2) is 0 Å². The molecule has 1 rings (SSSR count). The van der Waals surface area contributed by atoms with Gasteiger partial charge in [-0.2, -0.15) is 13.2 Å². The van der Waals surface area contributed by atoms with Gasteiger partial charge in [-0.05, 0) is 23.6 Å². The highest BCUT2D eigenvalue weighted by atomic mass is 19.4. The minimum Gasteiger partial charge on any atom is -0.388 e. The Morgan fingerprint density at radius 1 is 1.06 bits per heavy atom. The average Bonchev–Trinajstić information content (AvgIpc) is 2.29. The molecule has 1 aromatic carbocycles. The highest BCUT2D eigenvalue weighted by molar-refractivity contribution is 5.26. The maximum atomic E-state index is 12.3. The van der Waals surface area contributed by atoms with Crippen molar-refractivity contribution < 1.29 is 18.3 Å². The normalized spacial score (nSPS) is 14.1. The molecular weight excluding hydrogens is 229 g/mol. The Bertz CT molecular complexity index is 339. The Kier molecular flexibility index (Phi) is 4.57. The molecule has 1 N–H and O–H groups in total. The van der Waals surface area contributed by atoms with Crippen molar-refractivity contribution in [2.45, 2.75) is 39.0 Å². The first-order valence-electron chi connectivity index (χ1n) is 5.75. The topological polar surface area (TPSA) is 20.2 Å². The predicted molar refractivity (Wildman–Crippen MR) is 60.5 cm³/mol. The monoisotopic (exact) mass is 246 g/mol. The molecular formula is C13H17F3O. The number of aliphatic hydroxyl groups excluding tert-OH is 1. The zero-order valence-electron chi connectivity index (χ0n) is 9.96. The van der Waals surface area contributed by atoms with Crippen molar-refractivity contribution >= 4 is 0 Å². The molecule has 0 saturated carbocycles. The summed E-state index contributed by atoms with van der Waals surface area (Å²) in [5.74, 6) is 0.0896. The van der Waals surface area contributed by atoms with E-state index in [0.29, 0.717) is 5.56 Å². The lowest BCUT2D eigenvalue weighted by Crippen LogP contribution is -2.11. The standard InChI is InChI=1S/C13H17F3O/c1-3-9(4-2)12(17)10-5-7-11(8-6-10)13(14,15)16/h5-9,12,17H,3-4H2,1-2H3. The van der Waals surface area contributed by atoms with Gasteiger partial charge in [0.15, 0.2) is 0 Å². The summed E-state index contributed by atoms with van der Waals surface area (Å²) in [4.78, 5) is 0. The lowest BCUT2D eigenvalue weighted by Gasteiger charge is -2.20. The predicted octanol–water partition coefficient (Wildman–Crippen LogP) is 4.18. The second-order valence-electron chi connectivity index (χ2n) is 4.14. The molecule has 0 aliphatic carbocycles. The van der Waals surface area contributed by atoms with Crippen LogP contribution in [-0.4, -0.2) is 5.11 Å². The summed E-state index contributed by atoms with van der Waals surface area (Å²) in [6.45, 7) is 3.92. The van der Waals surface area contributed by atoms with Gasteiger partial charge < -0.3 is 5.11 Å². The Labute approximate surface area is 99.3 Å². The summed E-state index contributed by atoms with van der Waals surface area (Å²) in [7, 11) is 0. The smallest absolute Gasteiger partial charge is 0.388 e. The van der Waals surface area contributed by atoms with Crippen molar-refractivity contribution in [1.29, 1.82) is 0 Å². The van der Waals surface area contributed by atoms with Gasteiger partial charge in [0.25, 0.3) is 0 Å². The fraction of sp³-hybridized carbons (Fsp3) is 0.538. The molecule has 0 spiro atoms. The molecule has 0 heterocycles. The van der Waals surface area contributed by atoms with Crippen LogP contribution in [0.5, 0.6) is 0 Å². The number of hydrogen-bond donors (Lipinski definition) is 1. The van der Waals surface area contributed by atoms with Crippen LogP contribution in [-0.2, 0) is 6.18 Å². The molecule has 17 heavy (non-hydrogen) atoms. The minimum absolute atomic E-state index is 0.0896. The largest absolute Gasteiger partial charge is 0.416 e. The molecule has 0 aromatic heterocycles. The molecule has 1 unspecified atom stereocenters. The Balaban J connectivity index is 2.87. The molecule has 0 aliphatic heterocycles. The summed E-state index contributed by atoms with van der Waals surface area (Å²) >= 11 is 0. The first-order chi connectivity index (χ1) is 7.90. The average molecular weight is 246 g/mol. The van der Waals surface area contributed by atoms with E-state index >= 15 is 0 Å². The van der Waals surface area contributed by atoms with Crippen LogP contribution in [0.4, 0.5) is 13.2 Å².